The van der Waals surface area contributed by atoms with Crippen LogP contribution in [0, 0.1) is 5.92 Å². The number of hydrogen-bond acceptors (Lipinski definition) is 4. The van der Waals surface area contributed by atoms with Crippen LogP contribution in [0.15, 0.2) is 35.2 Å². The Balaban J connectivity index is 1.66. The molecule has 1 aromatic carbocycles. The molecule has 0 N–H and O–H groups in total. The summed E-state index contributed by atoms with van der Waals surface area (Å²) < 4.78 is 28.0. The van der Waals surface area contributed by atoms with Crippen LogP contribution < -0.4 is 0 Å². The lowest BCUT2D eigenvalue weighted by molar-refractivity contribution is -0.137. The molecule has 29 heavy (non-hydrogen) atoms. The summed E-state index contributed by atoms with van der Waals surface area (Å²) in [6.45, 7) is 3.58. The van der Waals surface area contributed by atoms with Crippen LogP contribution in [0.3, 0.4) is 0 Å². The van der Waals surface area contributed by atoms with Gasteiger partial charge < -0.3 is 4.90 Å². The Morgan fingerprint density at radius 2 is 1.86 bits per heavy atom. The maximum atomic E-state index is 13.0. The molecule has 5 nitrogen and oxygen atoms in total. The summed E-state index contributed by atoms with van der Waals surface area (Å²) >= 11 is 19.5. The van der Waals surface area contributed by atoms with E-state index in [9.17, 15) is 13.2 Å². The van der Waals surface area contributed by atoms with Gasteiger partial charge in [-0.05, 0) is 50.1 Å². The van der Waals surface area contributed by atoms with E-state index < -0.39 is 10.0 Å². The van der Waals surface area contributed by atoms with Crippen LogP contribution in [0.4, 0.5) is 0 Å². The summed E-state index contributed by atoms with van der Waals surface area (Å²) in [5.74, 6) is -0.151. The minimum Gasteiger partial charge on any atom is -0.338 e. The zero-order chi connectivity index (χ0) is 21.2. The molecule has 0 saturated carbocycles. The molecule has 0 radical (unpaired) electrons. The van der Waals surface area contributed by atoms with Crippen molar-refractivity contribution < 1.29 is 13.2 Å². The highest BCUT2D eigenvalue weighted by atomic mass is 35.5. The first kappa shape index (κ1) is 22.8. The number of amides is 1. The summed E-state index contributed by atoms with van der Waals surface area (Å²) in [7, 11) is -3.76. The lowest BCUT2D eigenvalue weighted by Crippen LogP contribution is -2.44. The predicted molar refractivity (Wildman–Crippen MR) is 118 cm³/mol. The summed E-state index contributed by atoms with van der Waals surface area (Å²) in [6.07, 6.45) is 0.940. The van der Waals surface area contributed by atoms with Gasteiger partial charge in [0.05, 0.1) is 15.9 Å². The standard InChI is InChI=1S/C19H21Cl3N2O3S2/c1-2-23(12-15-4-6-18(22)28-15)19(25)13-7-9-24(10-8-13)29(26,27)17-11-14(20)3-5-16(17)21/h3-6,11,13H,2,7-10,12H2,1H3. The number of thiophene rings is 1. The molecule has 0 aliphatic carbocycles. The van der Waals surface area contributed by atoms with Crippen molar-refractivity contribution in [1.29, 1.82) is 0 Å². The van der Waals surface area contributed by atoms with Crippen molar-refractivity contribution in [1.82, 2.24) is 9.21 Å². The van der Waals surface area contributed by atoms with Crippen molar-refractivity contribution >= 4 is 62.1 Å². The summed E-state index contributed by atoms with van der Waals surface area (Å²) in [5.41, 5.74) is 0. The SMILES string of the molecule is CCN(Cc1ccc(Cl)s1)C(=O)C1CCN(S(=O)(=O)c2cc(Cl)ccc2Cl)CC1. The van der Waals surface area contributed by atoms with E-state index >= 15 is 0 Å². The normalized spacial score (nSPS) is 16.1. The predicted octanol–water partition coefficient (Wildman–Crippen LogP) is 5.16. The molecular weight excluding hydrogens is 475 g/mol. The molecule has 1 saturated heterocycles. The lowest BCUT2D eigenvalue weighted by Gasteiger charge is -2.33. The molecule has 1 aromatic heterocycles. The molecule has 158 valence electrons. The largest absolute Gasteiger partial charge is 0.338 e. The molecule has 2 heterocycles. The summed E-state index contributed by atoms with van der Waals surface area (Å²) in [6, 6.07) is 8.13. The second kappa shape index (κ2) is 9.54. The first-order chi connectivity index (χ1) is 13.7. The van der Waals surface area contributed by atoms with Crippen LogP contribution in [-0.2, 0) is 21.4 Å². The van der Waals surface area contributed by atoms with Crippen LogP contribution in [0.5, 0.6) is 0 Å². The van der Waals surface area contributed by atoms with Crippen molar-refractivity contribution in [2.24, 2.45) is 5.92 Å². The van der Waals surface area contributed by atoms with E-state index in [0.29, 0.717) is 35.3 Å². The number of carbonyl (C=O) groups is 1. The van der Waals surface area contributed by atoms with E-state index in [1.165, 1.54) is 27.8 Å². The number of piperidine rings is 1. The van der Waals surface area contributed by atoms with Gasteiger partial charge in [-0.1, -0.05) is 34.8 Å². The number of hydrogen-bond donors (Lipinski definition) is 0. The van der Waals surface area contributed by atoms with Crippen LogP contribution in [0.1, 0.15) is 24.6 Å². The maximum Gasteiger partial charge on any atom is 0.244 e. The minimum absolute atomic E-state index is 0.00111. The Labute approximate surface area is 190 Å². The van der Waals surface area contributed by atoms with Crippen molar-refractivity contribution in [3.63, 3.8) is 0 Å². The average Bonchev–Trinajstić information content (AvgIpc) is 3.12. The number of rotatable bonds is 6. The molecule has 0 bridgehead atoms. The van der Waals surface area contributed by atoms with Crippen molar-refractivity contribution in [3.8, 4) is 0 Å². The monoisotopic (exact) mass is 494 g/mol. The topological polar surface area (TPSA) is 57.7 Å². The fourth-order valence-electron chi connectivity index (χ4n) is 3.39. The van der Waals surface area contributed by atoms with Gasteiger partial charge in [-0.3, -0.25) is 4.79 Å². The van der Waals surface area contributed by atoms with E-state index in [0.717, 1.165) is 4.88 Å². The second-order valence-corrected chi connectivity index (χ2v) is 11.4. The molecule has 0 unspecified atom stereocenters. The van der Waals surface area contributed by atoms with Crippen molar-refractivity contribution in [2.45, 2.75) is 31.2 Å². The second-order valence-electron chi connectivity index (χ2n) is 6.81. The van der Waals surface area contributed by atoms with Gasteiger partial charge in [-0.15, -0.1) is 11.3 Å². The third-order valence-electron chi connectivity index (χ3n) is 4.98. The van der Waals surface area contributed by atoms with Crippen molar-refractivity contribution in [3.05, 3.63) is 49.6 Å². The first-order valence-corrected chi connectivity index (χ1v) is 12.6. The highest BCUT2D eigenvalue weighted by molar-refractivity contribution is 7.89. The summed E-state index contributed by atoms with van der Waals surface area (Å²) in [5, 5.41) is 0.449. The quantitative estimate of drug-likeness (QED) is 0.556. The zero-order valence-corrected chi connectivity index (χ0v) is 19.7. The molecule has 2 aromatic rings. The molecule has 0 spiro atoms. The smallest absolute Gasteiger partial charge is 0.244 e. The van der Waals surface area contributed by atoms with Gasteiger partial charge in [0.2, 0.25) is 15.9 Å². The van der Waals surface area contributed by atoms with Crippen LogP contribution >= 0.6 is 46.1 Å². The third-order valence-corrected chi connectivity index (χ3v) is 8.81. The van der Waals surface area contributed by atoms with E-state index in [2.05, 4.69) is 0 Å². The average molecular weight is 496 g/mol. The summed E-state index contributed by atoms with van der Waals surface area (Å²) in [4.78, 5) is 15.8. The highest BCUT2D eigenvalue weighted by Gasteiger charge is 2.34. The van der Waals surface area contributed by atoms with E-state index in [1.54, 1.807) is 11.0 Å². The first-order valence-electron chi connectivity index (χ1n) is 9.20. The number of sulfonamides is 1. The van der Waals surface area contributed by atoms with Gasteiger partial charge in [0, 0.05) is 35.5 Å². The van der Waals surface area contributed by atoms with Crippen LogP contribution in [0.2, 0.25) is 14.4 Å². The Hall–Kier alpha value is -0.830. The molecule has 3 rings (SSSR count). The zero-order valence-electron chi connectivity index (χ0n) is 15.8. The van der Waals surface area contributed by atoms with Gasteiger partial charge in [0.15, 0.2) is 0 Å². The minimum atomic E-state index is -3.76. The van der Waals surface area contributed by atoms with E-state index in [1.807, 2.05) is 19.1 Å². The Bertz CT molecular complexity index is 986. The molecule has 1 aliphatic heterocycles. The number of nitrogens with zero attached hydrogens (tertiary/aromatic N) is 2. The number of halogens is 3. The Morgan fingerprint density at radius 3 is 2.45 bits per heavy atom. The van der Waals surface area contributed by atoms with Crippen LogP contribution in [0.25, 0.3) is 0 Å². The lowest BCUT2D eigenvalue weighted by atomic mass is 9.96. The number of carbonyl (C=O) groups excluding carboxylic acids is 1. The molecule has 0 atom stereocenters. The van der Waals surface area contributed by atoms with Crippen LogP contribution in [-0.4, -0.2) is 43.2 Å². The van der Waals surface area contributed by atoms with Gasteiger partial charge >= 0.3 is 0 Å². The molecule has 1 fully saturated rings. The van der Waals surface area contributed by atoms with Gasteiger partial charge in [-0.2, -0.15) is 4.31 Å². The van der Waals surface area contributed by atoms with Gasteiger partial charge in [0.1, 0.15) is 4.90 Å². The van der Waals surface area contributed by atoms with Gasteiger partial charge in [0.25, 0.3) is 0 Å². The third kappa shape index (κ3) is 5.27. The Kier molecular flexibility index (Phi) is 7.51. The fraction of sp³-hybridized carbons (Fsp3) is 0.421. The molecular formula is C19H21Cl3N2O3S2. The molecule has 1 aliphatic rings. The molecule has 1 amide bonds. The van der Waals surface area contributed by atoms with E-state index in [4.69, 9.17) is 34.8 Å². The fourth-order valence-corrected chi connectivity index (χ4v) is 6.70. The number of benzene rings is 1. The van der Waals surface area contributed by atoms with Crippen molar-refractivity contribution in [2.75, 3.05) is 19.6 Å². The Morgan fingerprint density at radius 1 is 1.17 bits per heavy atom. The van der Waals surface area contributed by atoms with Gasteiger partial charge in [-0.25, -0.2) is 8.42 Å². The highest BCUT2D eigenvalue weighted by Crippen LogP contribution is 2.31. The molecule has 10 heteroatoms. The van der Waals surface area contributed by atoms with E-state index in [-0.39, 0.29) is 34.8 Å². The maximum absolute atomic E-state index is 13.0.